The Kier molecular flexibility index (Phi) is 4.94. The van der Waals surface area contributed by atoms with E-state index in [1.165, 1.54) is 51.6 Å². The minimum Gasteiger partial charge on any atom is -0.317 e. The quantitative estimate of drug-likeness (QED) is 0.626. The molecule has 1 N–H and O–H groups in total. The lowest BCUT2D eigenvalue weighted by molar-refractivity contribution is 0.0671. The van der Waals surface area contributed by atoms with E-state index in [1.54, 1.807) is 0 Å². The zero-order chi connectivity index (χ0) is 10.4. The van der Waals surface area contributed by atoms with Gasteiger partial charge in [-0.1, -0.05) is 40.0 Å². The van der Waals surface area contributed by atoms with Crippen LogP contribution < -0.4 is 5.32 Å². The lowest BCUT2D eigenvalue weighted by Crippen LogP contribution is -2.42. The Morgan fingerprint density at radius 2 is 1.64 bits per heavy atom. The van der Waals surface area contributed by atoms with Crippen molar-refractivity contribution in [3.05, 3.63) is 0 Å². The highest BCUT2D eigenvalue weighted by molar-refractivity contribution is 4.91. The molecule has 1 heteroatoms. The van der Waals surface area contributed by atoms with Gasteiger partial charge in [0.15, 0.2) is 0 Å². The van der Waals surface area contributed by atoms with Crippen molar-refractivity contribution < 1.29 is 0 Å². The van der Waals surface area contributed by atoms with Crippen molar-refractivity contribution in [3.63, 3.8) is 0 Å². The van der Waals surface area contributed by atoms with Crippen molar-refractivity contribution in [3.8, 4) is 0 Å². The molecular formula is C13H27N. The molecule has 1 saturated carbocycles. The highest BCUT2D eigenvalue weighted by Crippen LogP contribution is 2.47. The van der Waals surface area contributed by atoms with Gasteiger partial charge in [-0.2, -0.15) is 0 Å². The summed E-state index contributed by atoms with van der Waals surface area (Å²) in [4.78, 5) is 0. The highest BCUT2D eigenvalue weighted by Gasteiger charge is 2.38. The summed E-state index contributed by atoms with van der Waals surface area (Å²) in [5.41, 5.74) is 0.753. The standard InChI is InChI=1S/C11H21N.C2H6/c1-10-4-2-3-5-11(10)6-8-12-9-7-11;1-2/h10,12H,2-9H2,1H3;1-2H3. The molecule has 84 valence electrons. The Morgan fingerprint density at radius 1 is 1.00 bits per heavy atom. The van der Waals surface area contributed by atoms with Crippen LogP contribution in [0.25, 0.3) is 0 Å². The van der Waals surface area contributed by atoms with Crippen molar-refractivity contribution in [1.29, 1.82) is 0 Å². The second kappa shape index (κ2) is 5.75. The lowest BCUT2D eigenvalue weighted by atomic mass is 9.62. The van der Waals surface area contributed by atoms with E-state index in [2.05, 4.69) is 12.2 Å². The highest BCUT2D eigenvalue weighted by atomic mass is 14.9. The fourth-order valence-corrected chi connectivity index (χ4v) is 3.15. The van der Waals surface area contributed by atoms with E-state index in [0.717, 1.165) is 11.3 Å². The van der Waals surface area contributed by atoms with Crippen LogP contribution in [-0.2, 0) is 0 Å². The summed E-state index contributed by atoms with van der Waals surface area (Å²) in [7, 11) is 0. The lowest BCUT2D eigenvalue weighted by Gasteiger charge is -2.45. The maximum Gasteiger partial charge on any atom is -0.00435 e. The van der Waals surface area contributed by atoms with E-state index in [0.29, 0.717) is 0 Å². The molecule has 0 aromatic rings. The van der Waals surface area contributed by atoms with E-state index in [-0.39, 0.29) is 0 Å². The maximum atomic E-state index is 3.48. The monoisotopic (exact) mass is 197 g/mol. The van der Waals surface area contributed by atoms with Gasteiger partial charge in [0.25, 0.3) is 0 Å². The fraction of sp³-hybridized carbons (Fsp3) is 1.00. The van der Waals surface area contributed by atoms with Gasteiger partial charge in [-0.15, -0.1) is 0 Å². The number of rotatable bonds is 0. The average Bonchev–Trinajstić information content (AvgIpc) is 2.27. The van der Waals surface area contributed by atoms with Crippen molar-refractivity contribution in [2.45, 2.75) is 59.3 Å². The molecule has 2 fully saturated rings. The molecule has 2 rings (SSSR count). The second-order valence-corrected chi connectivity index (χ2v) is 4.76. The van der Waals surface area contributed by atoms with Gasteiger partial charge in [0.05, 0.1) is 0 Å². The maximum absolute atomic E-state index is 3.48. The van der Waals surface area contributed by atoms with Crippen molar-refractivity contribution in [1.82, 2.24) is 5.32 Å². The van der Waals surface area contributed by atoms with Crippen molar-refractivity contribution in [2.75, 3.05) is 13.1 Å². The van der Waals surface area contributed by atoms with Crippen LogP contribution in [0, 0.1) is 11.3 Å². The summed E-state index contributed by atoms with van der Waals surface area (Å²) in [5, 5.41) is 3.48. The van der Waals surface area contributed by atoms with Gasteiger partial charge in [-0.3, -0.25) is 0 Å². The van der Waals surface area contributed by atoms with Gasteiger partial charge in [-0.25, -0.2) is 0 Å². The SMILES string of the molecule is CC.CC1CCCCC12CCNCC2. The molecule has 0 aromatic heterocycles. The van der Waals surface area contributed by atoms with Crippen molar-refractivity contribution in [2.24, 2.45) is 11.3 Å². The summed E-state index contributed by atoms with van der Waals surface area (Å²) in [6.45, 7) is 9.01. The Morgan fingerprint density at radius 3 is 2.21 bits per heavy atom. The Bertz CT molecular complexity index is 139. The van der Waals surface area contributed by atoms with Gasteiger partial charge in [0.1, 0.15) is 0 Å². The minimum atomic E-state index is 0.753. The van der Waals surface area contributed by atoms with Crippen molar-refractivity contribution >= 4 is 0 Å². The topological polar surface area (TPSA) is 12.0 Å². The number of piperidine rings is 1. The molecule has 1 aliphatic heterocycles. The van der Waals surface area contributed by atoms with Gasteiger partial charge in [0.2, 0.25) is 0 Å². The van der Waals surface area contributed by atoms with Crippen LogP contribution >= 0.6 is 0 Å². The molecule has 1 unspecified atom stereocenters. The van der Waals surface area contributed by atoms with Crippen LogP contribution in [0.5, 0.6) is 0 Å². The van der Waals surface area contributed by atoms with Gasteiger partial charge in [0, 0.05) is 0 Å². The van der Waals surface area contributed by atoms with E-state index < -0.39 is 0 Å². The predicted molar refractivity (Wildman–Crippen MR) is 63.5 cm³/mol. The third-order valence-corrected chi connectivity index (χ3v) is 4.21. The van der Waals surface area contributed by atoms with E-state index >= 15 is 0 Å². The molecule has 0 amide bonds. The molecule has 0 radical (unpaired) electrons. The summed E-state index contributed by atoms with van der Waals surface area (Å²) in [6.07, 6.45) is 8.85. The van der Waals surface area contributed by atoms with Crippen LogP contribution in [-0.4, -0.2) is 13.1 Å². The van der Waals surface area contributed by atoms with Gasteiger partial charge in [-0.05, 0) is 43.7 Å². The third-order valence-electron chi connectivity index (χ3n) is 4.21. The molecular weight excluding hydrogens is 170 g/mol. The van der Waals surface area contributed by atoms with Gasteiger partial charge < -0.3 is 5.32 Å². The number of nitrogens with one attached hydrogen (secondary N) is 1. The molecule has 1 spiro atoms. The molecule has 14 heavy (non-hydrogen) atoms. The molecule has 0 bridgehead atoms. The predicted octanol–water partition coefficient (Wildman–Crippen LogP) is 3.59. The summed E-state index contributed by atoms with van der Waals surface area (Å²) in [5.74, 6) is 0.994. The van der Waals surface area contributed by atoms with Crippen LogP contribution in [0.4, 0.5) is 0 Å². The number of hydrogen-bond donors (Lipinski definition) is 1. The fourth-order valence-electron chi connectivity index (χ4n) is 3.15. The Labute approximate surface area is 89.7 Å². The zero-order valence-electron chi connectivity index (χ0n) is 10.2. The largest absolute Gasteiger partial charge is 0.317 e. The molecule has 1 heterocycles. The van der Waals surface area contributed by atoms with Crippen LogP contribution in [0.1, 0.15) is 59.3 Å². The zero-order valence-corrected chi connectivity index (χ0v) is 10.2. The molecule has 1 aliphatic carbocycles. The Balaban J connectivity index is 0.000000461. The third kappa shape index (κ3) is 2.50. The number of hydrogen-bond acceptors (Lipinski definition) is 1. The first kappa shape index (κ1) is 12.0. The smallest absolute Gasteiger partial charge is 0.00435 e. The first-order valence-corrected chi connectivity index (χ1v) is 6.54. The van der Waals surface area contributed by atoms with E-state index in [1.807, 2.05) is 13.8 Å². The Hall–Kier alpha value is -0.0400. The molecule has 2 aliphatic rings. The first-order valence-electron chi connectivity index (χ1n) is 6.54. The molecule has 1 atom stereocenters. The average molecular weight is 197 g/mol. The molecule has 1 nitrogen and oxygen atoms in total. The van der Waals surface area contributed by atoms with Crippen LogP contribution in [0.2, 0.25) is 0 Å². The summed E-state index contributed by atoms with van der Waals surface area (Å²) < 4.78 is 0. The first-order chi connectivity index (χ1) is 6.83. The molecule has 1 saturated heterocycles. The van der Waals surface area contributed by atoms with Crippen LogP contribution in [0.3, 0.4) is 0 Å². The van der Waals surface area contributed by atoms with E-state index in [4.69, 9.17) is 0 Å². The summed E-state index contributed by atoms with van der Waals surface area (Å²) >= 11 is 0. The minimum absolute atomic E-state index is 0.753. The van der Waals surface area contributed by atoms with Crippen LogP contribution in [0.15, 0.2) is 0 Å². The van der Waals surface area contributed by atoms with E-state index in [9.17, 15) is 0 Å². The second-order valence-electron chi connectivity index (χ2n) is 4.76. The molecule has 0 aromatic carbocycles. The summed E-state index contributed by atoms with van der Waals surface area (Å²) in [6, 6.07) is 0. The van der Waals surface area contributed by atoms with Gasteiger partial charge >= 0.3 is 0 Å². The normalized spacial score (nSPS) is 30.6.